The first-order valence-electron chi connectivity index (χ1n) is 6.24. The molecule has 1 aromatic rings. The van der Waals surface area contributed by atoms with Gasteiger partial charge in [0.05, 0.1) is 0 Å². The molecule has 1 aliphatic rings. The first-order valence-corrected chi connectivity index (χ1v) is 7.03. The van der Waals surface area contributed by atoms with Gasteiger partial charge in [-0.25, -0.2) is 8.78 Å². The number of halogens is 4. The highest BCUT2D eigenvalue weighted by atomic mass is 79.9. The summed E-state index contributed by atoms with van der Waals surface area (Å²) in [5.41, 5.74) is 0. The Bertz CT molecular complexity index is 421. The van der Waals surface area contributed by atoms with Crippen LogP contribution in [0.3, 0.4) is 0 Å². The van der Waals surface area contributed by atoms with Gasteiger partial charge in [0.15, 0.2) is 17.4 Å². The van der Waals surface area contributed by atoms with Gasteiger partial charge in [-0.1, -0.05) is 15.9 Å². The number of ether oxygens (including phenoxy) is 1. The van der Waals surface area contributed by atoms with E-state index in [2.05, 4.69) is 20.8 Å². The third-order valence-corrected chi connectivity index (χ3v) is 3.51. The molecular formula is C13H17BrClF2NO2. The summed E-state index contributed by atoms with van der Waals surface area (Å²) in [7, 11) is 0. The van der Waals surface area contributed by atoms with Crippen molar-refractivity contribution in [2.24, 2.45) is 0 Å². The largest absolute Gasteiger partial charge is 0.485 e. The van der Waals surface area contributed by atoms with E-state index in [9.17, 15) is 13.9 Å². The maximum Gasteiger partial charge on any atom is 0.190 e. The summed E-state index contributed by atoms with van der Waals surface area (Å²) in [5, 5.41) is 9.79. The highest BCUT2D eigenvalue weighted by Crippen LogP contribution is 2.26. The summed E-state index contributed by atoms with van der Waals surface area (Å²) >= 11 is 2.99. The van der Waals surface area contributed by atoms with Crippen LogP contribution < -0.4 is 4.74 Å². The predicted octanol–water partition coefficient (Wildman–Crippen LogP) is 2.98. The van der Waals surface area contributed by atoms with Crippen molar-refractivity contribution >= 4 is 28.3 Å². The topological polar surface area (TPSA) is 32.7 Å². The van der Waals surface area contributed by atoms with Crippen LogP contribution in [0.15, 0.2) is 16.6 Å². The van der Waals surface area contributed by atoms with Crippen molar-refractivity contribution in [3.05, 3.63) is 28.2 Å². The Labute approximate surface area is 131 Å². The first kappa shape index (κ1) is 17.6. The van der Waals surface area contributed by atoms with E-state index in [1.807, 2.05) is 0 Å². The number of aliphatic hydroxyl groups excluding tert-OH is 1. The molecule has 1 fully saturated rings. The van der Waals surface area contributed by atoms with Gasteiger partial charge in [0, 0.05) is 11.0 Å². The summed E-state index contributed by atoms with van der Waals surface area (Å²) < 4.78 is 32.3. The van der Waals surface area contributed by atoms with Crippen molar-refractivity contribution in [3.8, 4) is 5.75 Å². The molecule has 0 aromatic heterocycles. The molecule has 0 saturated carbocycles. The van der Waals surface area contributed by atoms with E-state index in [4.69, 9.17) is 4.74 Å². The Hall–Kier alpha value is -0.430. The number of aliphatic hydroxyl groups is 1. The third-order valence-electron chi connectivity index (χ3n) is 3.05. The van der Waals surface area contributed by atoms with Gasteiger partial charge in [-0.05, 0) is 38.1 Å². The second kappa shape index (κ2) is 8.12. The fourth-order valence-corrected chi connectivity index (χ4v) is 2.56. The monoisotopic (exact) mass is 371 g/mol. The minimum absolute atomic E-state index is 0. The maximum atomic E-state index is 13.5. The van der Waals surface area contributed by atoms with Gasteiger partial charge in [-0.2, -0.15) is 0 Å². The lowest BCUT2D eigenvalue weighted by atomic mass is 10.3. The minimum Gasteiger partial charge on any atom is -0.485 e. The Kier molecular flexibility index (Phi) is 7.15. The number of hydrogen-bond acceptors (Lipinski definition) is 3. The molecule has 0 amide bonds. The van der Waals surface area contributed by atoms with Crippen LogP contribution in [0.5, 0.6) is 5.75 Å². The van der Waals surface area contributed by atoms with E-state index in [-0.39, 0.29) is 19.0 Å². The molecule has 1 saturated heterocycles. The second-order valence-electron chi connectivity index (χ2n) is 4.67. The molecule has 114 valence electrons. The van der Waals surface area contributed by atoms with Crippen LogP contribution in [0.1, 0.15) is 12.8 Å². The first-order chi connectivity index (χ1) is 9.06. The van der Waals surface area contributed by atoms with Crippen molar-refractivity contribution in [1.29, 1.82) is 0 Å². The average Bonchev–Trinajstić information content (AvgIpc) is 2.80. The number of hydrogen-bond donors (Lipinski definition) is 1. The summed E-state index contributed by atoms with van der Waals surface area (Å²) in [6.45, 7) is 2.27. The maximum absolute atomic E-state index is 13.5. The number of likely N-dealkylation sites (tertiary alicyclic amines) is 1. The van der Waals surface area contributed by atoms with Gasteiger partial charge in [-0.15, -0.1) is 12.4 Å². The molecule has 3 nitrogen and oxygen atoms in total. The fraction of sp³-hybridized carbons (Fsp3) is 0.538. The van der Waals surface area contributed by atoms with Crippen molar-refractivity contribution in [1.82, 2.24) is 4.90 Å². The van der Waals surface area contributed by atoms with E-state index in [0.717, 1.165) is 38.1 Å². The van der Waals surface area contributed by atoms with Gasteiger partial charge in [0.1, 0.15) is 12.7 Å². The van der Waals surface area contributed by atoms with Gasteiger partial charge >= 0.3 is 0 Å². The molecule has 1 atom stereocenters. The van der Waals surface area contributed by atoms with Crippen LogP contribution in [-0.2, 0) is 0 Å². The van der Waals surface area contributed by atoms with Crippen LogP contribution in [-0.4, -0.2) is 42.4 Å². The molecule has 0 bridgehead atoms. The van der Waals surface area contributed by atoms with Crippen molar-refractivity contribution in [2.45, 2.75) is 18.9 Å². The highest BCUT2D eigenvalue weighted by molar-refractivity contribution is 9.10. The van der Waals surface area contributed by atoms with Crippen LogP contribution >= 0.6 is 28.3 Å². The number of benzene rings is 1. The predicted molar refractivity (Wildman–Crippen MR) is 78.5 cm³/mol. The Morgan fingerprint density at radius 2 is 1.80 bits per heavy atom. The zero-order chi connectivity index (χ0) is 13.8. The molecule has 1 aliphatic heterocycles. The summed E-state index contributed by atoms with van der Waals surface area (Å²) in [5.74, 6) is -2.00. The molecule has 1 aromatic carbocycles. The van der Waals surface area contributed by atoms with E-state index in [1.54, 1.807) is 0 Å². The summed E-state index contributed by atoms with van der Waals surface area (Å²) in [6, 6.07) is 2.26. The fourth-order valence-electron chi connectivity index (χ4n) is 2.16. The Morgan fingerprint density at radius 1 is 1.25 bits per heavy atom. The molecule has 7 heteroatoms. The van der Waals surface area contributed by atoms with Crippen LogP contribution in [0, 0.1) is 11.6 Å². The van der Waals surface area contributed by atoms with Gasteiger partial charge in [0.25, 0.3) is 0 Å². The molecule has 1 heterocycles. The van der Waals surface area contributed by atoms with Gasteiger partial charge < -0.3 is 14.7 Å². The van der Waals surface area contributed by atoms with Crippen LogP contribution in [0.25, 0.3) is 0 Å². The molecule has 0 radical (unpaired) electrons. The van der Waals surface area contributed by atoms with Crippen LogP contribution in [0.4, 0.5) is 8.78 Å². The molecule has 0 aliphatic carbocycles. The number of rotatable bonds is 5. The molecule has 0 spiro atoms. The quantitative estimate of drug-likeness (QED) is 0.862. The molecule has 2 rings (SSSR count). The van der Waals surface area contributed by atoms with Gasteiger partial charge in [-0.3, -0.25) is 0 Å². The van der Waals surface area contributed by atoms with E-state index >= 15 is 0 Å². The molecular weight excluding hydrogens is 356 g/mol. The molecule has 1 N–H and O–H groups in total. The smallest absolute Gasteiger partial charge is 0.190 e. The lowest BCUT2D eigenvalue weighted by Crippen LogP contribution is -2.33. The number of β-amino-alcohol motifs (C(OH)–C–C–N with tert-alkyl or cyclic N) is 1. The molecule has 20 heavy (non-hydrogen) atoms. The van der Waals surface area contributed by atoms with E-state index in [0.29, 0.717) is 11.0 Å². The molecule has 1 unspecified atom stereocenters. The average molecular weight is 373 g/mol. The van der Waals surface area contributed by atoms with Gasteiger partial charge in [0.2, 0.25) is 0 Å². The standard InChI is InChI=1S/C13H16BrF2NO2.ClH/c14-9-5-11(15)13(12(16)6-9)19-8-10(18)7-17-3-1-2-4-17;/h5-6,10,18H,1-4,7-8H2;1H. The van der Waals surface area contributed by atoms with E-state index in [1.165, 1.54) is 0 Å². The number of nitrogens with zero attached hydrogens (tertiary/aromatic N) is 1. The zero-order valence-electron chi connectivity index (χ0n) is 10.8. The zero-order valence-corrected chi connectivity index (χ0v) is 13.2. The SMILES string of the molecule is Cl.OC(COc1c(F)cc(Br)cc1F)CN1CCCC1. The highest BCUT2D eigenvalue weighted by Gasteiger charge is 2.18. The Balaban J connectivity index is 0.00000200. The van der Waals surface area contributed by atoms with Crippen molar-refractivity contribution < 1.29 is 18.6 Å². The summed E-state index contributed by atoms with van der Waals surface area (Å²) in [4.78, 5) is 2.11. The summed E-state index contributed by atoms with van der Waals surface area (Å²) in [6.07, 6.45) is 1.51. The third kappa shape index (κ3) is 4.84. The van der Waals surface area contributed by atoms with Crippen LogP contribution in [0.2, 0.25) is 0 Å². The van der Waals surface area contributed by atoms with E-state index < -0.39 is 23.5 Å². The van der Waals surface area contributed by atoms with Crippen molar-refractivity contribution in [2.75, 3.05) is 26.2 Å². The van der Waals surface area contributed by atoms with Crippen molar-refractivity contribution in [3.63, 3.8) is 0 Å². The second-order valence-corrected chi connectivity index (χ2v) is 5.59. The normalized spacial score (nSPS) is 16.8. The lowest BCUT2D eigenvalue weighted by Gasteiger charge is -2.19. The lowest BCUT2D eigenvalue weighted by molar-refractivity contribution is 0.0725. The Morgan fingerprint density at radius 3 is 2.35 bits per heavy atom. The minimum atomic E-state index is -0.778.